The van der Waals surface area contributed by atoms with Gasteiger partial charge in [0.1, 0.15) is 12.4 Å². The van der Waals surface area contributed by atoms with Gasteiger partial charge < -0.3 is 15.8 Å². The van der Waals surface area contributed by atoms with Crippen molar-refractivity contribution < 1.29 is 4.74 Å². The molecule has 0 spiro atoms. The van der Waals surface area contributed by atoms with Gasteiger partial charge >= 0.3 is 0 Å². The molecule has 0 aliphatic heterocycles. The Balaban J connectivity index is 1.69. The maximum atomic E-state index is 6.20. The third kappa shape index (κ3) is 5.54. The minimum Gasteiger partial charge on any atom is -0.489 e. The number of benzene rings is 2. The van der Waals surface area contributed by atoms with E-state index in [1.807, 2.05) is 48.2 Å². The van der Waals surface area contributed by atoms with Crippen LogP contribution in [0.2, 0.25) is 0 Å². The van der Waals surface area contributed by atoms with Gasteiger partial charge in [0.05, 0.1) is 23.1 Å². The number of hydrogen-bond acceptors (Lipinski definition) is 5. The molecule has 0 atom stereocenters. The molecule has 0 aliphatic rings. The minimum absolute atomic E-state index is 0.542. The van der Waals surface area contributed by atoms with E-state index in [-0.39, 0.29) is 0 Å². The summed E-state index contributed by atoms with van der Waals surface area (Å²) in [6, 6.07) is 16.1. The average Bonchev–Trinajstić information content (AvgIpc) is 2.71. The van der Waals surface area contributed by atoms with Gasteiger partial charge in [0.25, 0.3) is 0 Å². The molecular formula is C22H27N3OS. The molecular weight excluding hydrogens is 354 g/mol. The summed E-state index contributed by atoms with van der Waals surface area (Å²) in [7, 11) is 0. The quantitative estimate of drug-likeness (QED) is 0.464. The molecule has 1 aromatic heterocycles. The molecule has 2 aromatic carbocycles. The number of pyridine rings is 1. The lowest BCUT2D eigenvalue weighted by molar-refractivity contribution is 0.306. The summed E-state index contributed by atoms with van der Waals surface area (Å²) in [5, 5.41) is 4.51. The third-order valence-corrected chi connectivity index (χ3v) is 5.14. The number of nitrogens with one attached hydrogen (secondary N) is 1. The second kappa shape index (κ2) is 10.1. The standard InChI is InChI=1S/C22H27N3OS/c1-27-13-7-3-6-12-24-22-19-14-18(10-11-21(19)25-15-20(22)23)26-16-17-8-4-2-5-9-17/h2,4-5,8-11,14-15H,3,6-7,12-13,16,23H2,1H3,(H,24,25). The van der Waals surface area contributed by atoms with Crippen LogP contribution in [0.4, 0.5) is 11.4 Å². The number of thioether (sulfide) groups is 1. The number of nitrogen functional groups attached to an aromatic ring is 1. The Hall–Kier alpha value is -2.40. The number of nitrogens with two attached hydrogens (primary N) is 1. The molecule has 1 heterocycles. The van der Waals surface area contributed by atoms with E-state index in [4.69, 9.17) is 10.5 Å². The Labute approximate surface area is 165 Å². The molecule has 27 heavy (non-hydrogen) atoms. The number of rotatable bonds is 10. The Bertz CT molecular complexity index is 855. The predicted octanol–water partition coefficient (Wildman–Crippen LogP) is 5.34. The van der Waals surface area contributed by atoms with Crippen molar-refractivity contribution in [3.05, 3.63) is 60.3 Å². The summed E-state index contributed by atoms with van der Waals surface area (Å²) in [5.74, 6) is 2.05. The lowest BCUT2D eigenvalue weighted by Crippen LogP contribution is -2.06. The van der Waals surface area contributed by atoms with E-state index >= 15 is 0 Å². The normalized spacial score (nSPS) is 10.9. The van der Waals surface area contributed by atoms with Crippen molar-refractivity contribution >= 4 is 34.0 Å². The highest BCUT2D eigenvalue weighted by molar-refractivity contribution is 7.98. The van der Waals surface area contributed by atoms with Gasteiger partial charge in [0.2, 0.25) is 0 Å². The van der Waals surface area contributed by atoms with Crippen LogP contribution in [-0.2, 0) is 6.61 Å². The van der Waals surface area contributed by atoms with E-state index in [2.05, 4.69) is 28.7 Å². The van der Waals surface area contributed by atoms with Crippen LogP contribution in [0, 0.1) is 0 Å². The van der Waals surface area contributed by atoms with Crippen molar-refractivity contribution in [2.24, 2.45) is 0 Å². The Morgan fingerprint density at radius 2 is 1.93 bits per heavy atom. The van der Waals surface area contributed by atoms with E-state index in [0.29, 0.717) is 12.3 Å². The molecule has 0 radical (unpaired) electrons. The number of nitrogens with zero attached hydrogens (tertiary/aromatic N) is 1. The second-order valence-electron chi connectivity index (χ2n) is 6.52. The number of unbranched alkanes of at least 4 members (excludes halogenated alkanes) is 2. The lowest BCUT2D eigenvalue weighted by atomic mass is 10.1. The molecule has 0 amide bonds. The van der Waals surface area contributed by atoms with E-state index in [9.17, 15) is 0 Å². The number of fused-ring (bicyclic) bond motifs is 1. The van der Waals surface area contributed by atoms with Gasteiger partial charge in [-0.3, -0.25) is 4.98 Å². The molecule has 142 valence electrons. The van der Waals surface area contributed by atoms with Gasteiger partial charge in [0.15, 0.2) is 0 Å². The minimum atomic E-state index is 0.542. The molecule has 3 aromatic rings. The van der Waals surface area contributed by atoms with Gasteiger partial charge in [-0.05, 0) is 48.6 Å². The average molecular weight is 382 g/mol. The van der Waals surface area contributed by atoms with Crippen LogP contribution < -0.4 is 15.8 Å². The van der Waals surface area contributed by atoms with Crippen molar-refractivity contribution in [3.8, 4) is 5.75 Å². The highest BCUT2D eigenvalue weighted by atomic mass is 32.2. The van der Waals surface area contributed by atoms with Gasteiger partial charge in [0, 0.05) is 11.9 Å². The number of hydrogen-bond donors (Lipinski definition) is 2. The second-order valence-corrected chi connectivity index (χ2v) is 7.51. The summed E-state index contributed by atoms with van der Waals surface area (Å²) in [5.41, 5.74) is 9.88. The molecule has 0 saturated heterocycles. The first-order valence-electron chi connectivity index (χ1n) is 9.35. The Morgan fingerprint density at radius 1 is 1.07 bits per heavy atom. The van der Waals surface area contributed by atoms with Gasteiger partial charge in [-0.15, -0.1) is 0 Å². The van der Waals surface area contributed by atoms with Crippen molar-refractivity contribution in [1.29, 1.82) is 0 Å². The first-order chi connectivity index (χ1) is 13.3. The first kappa shape index (κ1) is 19.4. The van der Waals surface area contributed by atoms with Gasteiger partial charge in [-0.1, -0.05) is 36.8 Å². The molecule has 0 aliphatic carbocycles. The summed E-state index contributed by atoms with van der Waals surface area (Å²) in [4.78, 5) is 4.45. The van der Waals surface area contributed by atoms with Crippen LogP contribution in [-0.4, -0.2) is 23.5 Å². The number of ether oxygens (including phenoxy) is 1. The fourth-order valence-electron chi connectivity index (χ4n) is 2.98. The fourth-order valence-corrected chi connectivity index (χ4v) is 3.47. The van der Waals surface area contributed by atoms with E-state index in [1.54, 1.807) is 6.20 Å². The zero-order valence-corrected chi connectivity index (χ0v) is 16.6. The van der Waals surface area contributed by atoms with Crippen molar-refractivity contribution in [1.82, 2.24) is 4.98 Å². The van der Waals surface area contributed by atoms with Crippen LogP contribution in [0.25, 0.3) is 10.9 Å². The van der Waals surface area contributed by atoms with Crippen molar-refractivity contribution in [2.45, 2.75) is 25.9 Å². The number of anilines is 2. The van der Waals surface area contributed by atoms with Crippen LogP contribution in [0.1, 0.15) is 24.8 Å². The summed E-state index contributed by atoms with van der Waals surface area (Å²) in [6.07, 6.45) is 7.49. The lowest BCUT2D eigenvalue weighted by Gasteiger charge is -2.14. The fraction of sp³-hybridized carbons (Fsp3) is 0.318. The topological polar surface area (TPSA) is 60.2 Å². The molecule has 4 nitrogen and oxygen atoms in total. The van der Waals surface area contributed by atoms with Crippen LogP contribution in [0.5, 0.6) is 5.75 Å². The van der Waals surface area contributed by atoms with Gasteiger partial charge in [-0.25, -0.2) is 0 Å². The largest absolute Gasteiger partial charge is 0.489 e. The molecule has 0 saturated carbocycles. The van der Waals surface area contributed by atoms with Crippen molar-refractivity contribution in [2.75, 3.05) is 29.6 Å². The molecule has 5 heteroatoms. The molecule has 3 rings (SSSR count). The molecule has 0 unspecified atom stereocenters. The van der Waals surface area contributed by atoms with Crippen LogP contribution in [0.3, 0.4) is 0 Å². The highest BCUT2D eigenvalue weighted by Gasteiger charge is 2.08. The zero-order valence-electron chi connectivity index (χ0n) is 15.8. The summed E-state index contributed by atoms with van der Waals surface area (Å²) >= 11 is 1.90. The SMILES string of the molecule is CSCCCCCNc1c(N)cnc2ccc(OCc3ccccc3)cc12. The van der Waals surface area contributed by atoms with E-state index in [0.717, 1.165) is 40.9 Å². The molecule has 0 fully saturated rings. The Morgan fingerprint density at radius 3 is 2.74 bits per heavy atom. The molecule has 0 bridgehead atoms. The Kier molecular flexibility index (Phi) is 7.22. The van der Waals surface area contributed by atoms with Crippen LogP contribution >= 0.6 is 11.8 Å². The van der Waals surface area contributed by atoms with Gasteiger partial charge in [-0.2, -0.15) is 11.8 Å². The molecule has 3 N–H and O–H groups in total. The monoisotopic (exact) mass is 381 g/mol. The zero-order chi connectivity index (χ0) is 18.9. The van der Waals surface area contributed by atoms with E-state index < -0.39 is 0 Å². The van der Waals surface area contributed by atoms with Crippen LogP contribution in [0.15, 0.2) is 54.7 Å². The maximum absolute atomic E-state index is 6.20. The van der Waals surface area contributed by atoms with Crippen molar-refractivity contribution in [3.63, 3.8) is 0 Å². The number of aromatic nitrogens is 1. The summed E-state index contributed by atoms with van der Waals surface area (Å²) in [6.45, 7) is 1.45. The maximum Gasteiger partial charge on any atom is 0.120 e. The predicted molar refractivity (Wildman–Crippen MR) is 118 cm³/mol. The third-order valence-electron chi connectivity index (χ3n) is 4.44. The smallest absolute Gasteiger partial charge is 0.120 e. The summed E-state index contributed by atoms with van der Waals surface area (Å²) < 4.78 is 5.97. The highest BCUT2D eigenvalue weighted by Crippen LogP contribution is 2.31. The van der Waals surface area contributed by atoms with E-state index in [1.165, 1.54) is 18.6 Å². The first-order valence-corrected chi connectivity index (χ1v) is 10.7.